The zero-order valence-electron chi connectivity index (χ0n) is 21.7. The van der Waals surface area contributed by atoms with Crippen molar-refractivity contribution in [3.05, 3.63) is 71.8 Å². The van der Waals surface area contributed by atoms with E-state index in [1.165, 1.54) is 0 Å². The third-order valence-electron chi connectivity index (χ3n) is 5.51. The van der Waals surface area contributed by atoms with Crippen LogP contribution < -0.4 is 5.32 Å². The number of carbonyl (C=O) groups is 4. The van der Waals surface area contributed by atoms with Crippen molar-refractivity contribution in [2.45, 2.75) is 77.2 Å². The number of ether oxygens (including phenoxy) is 2. The van der Waals surface area contributed by atoms with Gasteiger partial charge in [-0.25, -0.2) is 14.5 Å². The van der Waals surface area contributed by atoms with Crippen LogP contribution in [0.15, 0.2) is 60.7 Å². The number of hydrogen-bond donors (Lipinski definition) is 1. The van der Waals surface area contributed by atoms with E-state index in [0.717, 1.165) is 10.5 Å². The first kappa shape index (κ1) is 26.9. The van der Waals surface area contributed by atoms with Crippen LogP contribution in [0.5, 0.6) is 0 Å². The SMILES string of the molecule is CC(C)(C)OC(=O)N[C@@]1(Cc2ccccc2)C(=O)[C@@H](Cc2ccccc2)N(C(=O)OC(C)(C)C)C1=O. The van der Waals surface area contributed by atoms with Gasteiger partial charge in [0.25, 0.3) is 5.91 Å². The van der Waals surface area contributed by atoms with Gasteiger partial charge in [0.2, 0.25) is 0 Å². The molecule has 0 aromatic heterocycles. The van der Waals surface area contributed by atoms with E-state index in [-0.39, 0.29) is 12.8 Å². The predicted octanol–water partition coefficient (Wildman–Crippen LogP) is 4.45. The highest BCUT2D eigenvalue weighted by molar-refractivity contribution is 6.24. The molecule has 1 fully saturated rings. The number of Topliss-reactive ketones (excluding diaryl/α,β-unsaturated/α-hetero) is 1. The number of nitrogens with zero attached hydrogens (tertiary/aromatic N) is 1. The van der Waals surface area contributed by atoms with Crippen LogP contribution in [0.2, 0.25) is 0 Å². The van der Waals surface area contributed by atoms with Crippen LogP contribution in [0, 0.1) is 0 Å². The van der Waals surface area contributed by atoms with Crippen molar-refractivity contribution in [2.75, 3.05) is 0 Å². The molecule has 1 aliphatic heterocycles. The fraction of sp³-hybridized carbons (Fsp3) is 0.429. The molecule has 0 spiro atoms. The lowest BCUT2D eigenvalue weighted by Gasteiger charge is -2.29. The fourth-order valence-corrected chi connectivity index (χ4v) is 4.10. The average molecular weight is 495 g/mol. The highest BCUT2D eigenvalue weighted by Gasteiger charge is 2.62. The maximum Gasteiger partial charge on any atom is 0.417 e. The quantitative estimate of drug-likeness (QED) is 0.616. The van der Waals surface area contributed by atoms with Gasteiger partial charge >= 0.3 is 12.2 Å². The van der Waals surface area contributed by atoms with E-state index >= 15 is 0 Å². The van der Waals surface area contributed by atoms with Gasteiger partial charge in [-0.3, -0.25) is 14.9 Å². The second kappa shape index (κ2) is 10.1. The van der Waals surface area contributed by atoms with Crippen molar-refractivity contribution in [3.63, 3.8) is 0 Å². The number of carbonyl (C=O) groups excluding carboxylic acids is 4. The zero-order chi connectivity index (χ0) is 26.7. The topological polar surface area (TPSA) is 102 Å². The normalized spacial score (nSPS) is 20.3. The van der Waals surface area contributed by atoms with Crippen molar-refractivity contribution in [1.82, 2.24) is 10.2 Å². The molecule has 2 aromatic rings. The molecule has 0 unspecified atom stereocenters. The van der Waals surface area contributed by atoms with Crippen LogP contribution in [0.4, 0.5) is 9.59 Å². The van der Waals surface area contributed by atoms with Gasteiger partial charge < -0.3 is 9.47 Å². The van der Waals surface area contributed by atoms with E-state index in [2.05, 4.69) is 5.32 Å². The molecule has 0 saturated carbocycles. The molecule has 0 aliphatic carbocycles. The maximum absolute atomic E-state index is 14.1. The van der Waals surface area contributed by atoms with Crippen molar-refractivity contribution in [2.24, 2.45) is 0 Å². The lowest BCUT2D eigenvalue weighted by molar-refractivity contribution is -0.134. The Bertz CT molecular complexity index is 1120. The monoisotopic (exact) mass is 494 g/mol. The molecular weight excluding hydrogens is 460 g/mol. The minimum absolute atomic E-state index is 0.0805. The predicted molar refractivity (Wildman–Crippen MR) is 134 cm³/mol. The van der Waals surface area contributed by atoms with Gasteiger partial charge in [0.1, 0.15) is 17.2 Å². The summed E-state index contributed by atoms with van der Waals surface area (Å²) in [7, 11) is 0. The van der Waals surface area contributed by atoms with E-state index in [9.17, 15) is 19.2 Å². The Morgan fingerprint density at radius 3 is 1.83 bits per heavy atom. The number of imide groups is 1. The summed E-state index contributed by atoms with van der Waals surface area (Å²) < 4.78 is 10.9. The zero-order valence-corrected chi connectivity index (χ0v) is 21.7. The molecule has 1 saturated heterocycles. The van der Waals surface area contributed by atoms with Gasteiger partial charge in [0, 0.05) is 12.8 Å². The van der Waals surface area contributed by atoms with E-state index in [0.29, 0.717) is 5.56 Å². The van der Waals surface area contributed by atoms with E-state index in [1.54, 1.807) is 71.9 Å². The Morgan fingerprint density at radius 1 is 0.833 bits per heavy atom. The number of amides is 3. The summed E-state index contributed by atoms with van der Waals surface area (Å²) in [6.07, 6.45) is -1.93. The molecule has 2 aromatic carbocycles. The first-order valence-corrected chi connectivity index (χ1v) is 11.9. The molecule has 36 heavy (non-hydrogen) atoms. The number of ketones is 1. The second-order valence-corrected chi connectivity index (χ2v) is 10.9. The molecule has 1 aliphatic rings. The summed E-state index contributed by atoms with van der Waals surface area (Å²) >= 11 is 0. The summed E-state index contributed by atoms with van der Waals surface area (Å²) in [5.74, 6) is -1.45. The lowest BCUT2D eigenvalue weighted by Crippen LogP contribution is -2.60. The first-order valence-electron chi connectivity index (χ1n) is 11.9. The van der Waals surface area contributed by atoms with Crippen LogP contribution in [0.3, 0.4) is 0 Å². The van der Waals surface area contributed by atoms with Gasteiger partial charge in [-0.05, 0) is 52.7 Å². The highest BCUT2D eigenvalue weighted by Crippen LogP contribution is 2.33. The van der Waals surface area contributed by atoms with Gasteiger partial charge in [-0.2, -0.15) is 0 Å². The molecule has 0 radical (unpaired) electrons. The van der Waals surface area contributed by atoms with Crippen LogP contribution in [0.1, 0.15) is 52.7 Å². The van der Waals surface area contributed by atoms with Crippen LogP contribution >= 0.6 is 0 Å². The highest BCUT2D eigenvalue weighted by atomic mass is 16.6. The number of likely N-dealkylation sites (tertiary alicyclic amines) is 1. The Morgan fingerprint density at radius 2 is 1.33 bits per heavy atom. The molecular formula is C28H34N2O6. The molecule has 192 valence electrons. The maximum atomic E-state index is 14.1. The van der Waals surface area contributed by atoms with Gasteiger partial charge in [0.15, 0.2) is 11.3 Å². The van der Waals surface area contributed by atoms with Crippen LogP contribution in [-0.2, 0) is 31.9 Å². The van der Waals surface area contributed by atoms with Gasteiger partial charge in [-0.15, -0.1) is 0 Å². The number of hydrogen-bond acceptors (Lipinski definition) is 6. The van der Waals surface area contributed by atoms with E-state index in [1.807, 2.05) is 30.3 Å². The third-order valence-corrected chi connectivity index (χ3v) is 5.51. The Labute approximate surface area is 212 Å². The Kier molecular flexibility index (Phi) is 7.57. The van der Waals surface area contributed by atoms with Crippen LogP contribution in [-0.4, -0.2) is 51.6 Å². The Balaban J connectivity index is 2.10. The smallest absolute Gasteiger partial charge is 0.417 e. The summed E-state index contributed by atoms with van der Waals surface area (Å²) in [4.78, 5) is 55.1. The number of nitrogens with one attached hydrogen (secondary N) is 1. The summed E-state index contributed by atoms with van der Waals surface area (Å²) in [6.45, 7) is 10.1. The van der Waals surface area contributed by atoms with E-state index < -0.39 is 46.7 Å². The van der Waals surface area contributed by atoms with Gasteiger partial charge in [-0.1, -0.05) is 60.7 Å². The first-order chi connectivity index (χ1) is 16.7. The summed E-state index contributed by atoms with van der Waals surface area (Å²) in [6, 6.07) is 16.8. The van der Waals surface area contributed by atoms with Crippen LogP contribution in [0.25, 0.3) is 0 Å². The molecule has 1 N–H and O–H groups in total. The minimum atomic E-state index is -2.04. The summed E-state index contributed by atoms with van der Waals surface area (Å²) in [5.41, 5.74) is -2.41. The second-order valence-electron chi connectivity index (χ2n) is 10.9. The number of benzene rings is 2. The molecule has 0 bridgehead atoms. The largest absolute Gasteiger partial charge is 0.444 e. The average Bonchev–Trinajstić information content (AvgIpc) is 2.94. The van der Waals surface area contributed by atoms with Crippen molar-refractivity contribution in [1.29, 1.82) is 0 Å². The lowest BCUT2D eigenvalue weighted by atomic mass is 9.85. The molecule has 1 heterocycles. The minimum Gasteiger partial charge on any atom is -0.444 e. The molecule has 8 nitrogen and oxygen atoms in total. The fourth-order valence-electron chi connectivity index (χ4n) is 4.10. The molecule has 8 heteroatoms. The standard InChI is InChI=1S/C28H34N2O6/c1-26(2,3)35-24(33)29-28(18-20-15-11-8-12-16-20)22(31)21(17-19-13-9-7-10-14-19)30(23(28)32)25(34)36-27(4,5)6/h7-16,21H,17-18H2,1-6H3,(H,29,33)/t21-,28+/m1/s1. The van der Waals surface area contributed by atoms with Crippen molar-refractivity contribution in [3.8, 4) is 0 Å². The third kappa shape index (κ3) is 6.30. The van der Waals surface area contributed by atoms with Crippen molar-refractivity contribution < 1.29 is 28.7 Å². The number of alkyl carbamates (subject to hydrolysis) is 1. The van der Waals surface area contributed by atoms with Crippen molar-refractivity contribution >= 4 is 23.9 Å². The molecule has 3 amide bonds. The van der Waals surface area contributed by atoms with Gasteiger partial charge in [0.05, 0.1) is 0 Å². The Hall–Kier alpha value is -3.68. The molecule has 3 rings (SSSR count). The molecule has 2 atom stereocenters. The number of rotatable bonds is 5. The van der Waals surface area contributed by atoms with E-state index in [4.69, 9.17) is 9.47 Å². The summed E-state index contributed by atoms with van der Waals surface area (Å²) in [5, 5.41) is 2.55.